The van der Waals surface area contributed by atoms with E-state index >= 15 is 0 Å². The Morgan fingerprint density at radius 2 is 2.19 bits per heavy atom. The number of amides is 1. The van der Waals surface area contributed by atoms with E-state index in [-0.39, 0.29) is 24.8 Å². The number of rotatable bonds is 8. The molecule has 1 amide bonds. The van der Waals surface area contributed by atoms with Crippen molar-refractivity contribution in [2.45, 2.75) is 25.8 Å². The van der Waals surface area contributed by atoms with Crippen LogP contribution in [0.4, 0.5) is 0 Å². The summed E-state index contributed by atoms with van der Waals surface area (Å²) >= 11 is 1.62. The van der Waals surface area contributed by atoms with Crippen LogP contribution in [0.3, 0.4) is 0 Å². The molecule has 0 bridgehead atoms. The first-order valence-corrected chi connectivity index (χ1v) is 6.70. The van der Waals surface area contributed by atoms with Crippen LogP contribution in [0.25, 0.3) is 0 Å². The van der Waals surface area contributed by atoms with Gasteiger partial charge in [0.25, 0.3) is 0 Å². The van der Waals surface area contributed by atoms with Crippen LogP contribution in [-0.4, -0.2) is 43.1 Å². The van der Waals surface area contributed by atoms with Gasteiger partial charge in [0.1, 0.15) is 6.04 Å². The van der Waals surface area contributed by atoms with E-state index in [2.05, 4.69) is 5.32 Å². The Kier molecular flexibility index (Phi) is 9.03. The number of hydrogen-bond acceptors (Lipinski definition) is 5. The quantitative estimate of drug-likeness (QED) is 0.597. The van der Waals surface area contributed by atoms with E-state index in [1.807, 2.05) is 6.26 Å². The topological polar surface area (TPSA) is 81.4 Å². The van der Waals surface area contributed by atoms with Crippen LogP contribution in [0, 0.1) is 0 Å². The zero-order valence-corrected chi connectivity index (χ0v) is 10.6. The van der Waals surface area contributed by atoms with Crippen LogP contribution in [0.1, 0.15) is 19.8 Å². The average Bonchev–Trinajstić information content (AvgIpc) is 2.24. The molecule has 0 unspecified atom stereocenters. The standard InChI is InChI=1S/C10H20N2O3S/c1-3-15-10(14)8(5-7-16-2)12-9(13)4-6-11/h8H,3-7,11H2,1-2H3,(H,12,13)/t8-/m0/s1. The molecule has 0 radical (unpaired) electrons. The van der Waals surface area contributed by atoms with Gasteiger partial charge in [-0.2, -0.15) is 11.8 Å². The van der Waals surface area contributed by atoms with Gasteiger partial charge in [0, 0.05) is 13.0 Å². The normalized spacial score (nSPS) is 11.9. The van der Waals surface area contributed by atoms with Gasteiger partial charge >= 0.3 is 5.97 Å². The lowest BCUT2D eigenvalue weighted by Crippen LogP contribution is -2.42. The minimum atomic E-state index is -0.550. The first-order valence-electron chi connectivity index (χ1n) is 5.30. The largest absolute Gasteiger partial charge is 0.464 e. The third kappa shape index (κ3) is 6.68. The molecule has 94 valence electrons. The van der Waals surface area contributed by atoms with Crippen LogP contribution in [0.15, 0.2) is 0 Å². The number of ether oxygens (including phenoxy) is 1. The summed E-state index contributed by atoms with van der Waals surface area (Å²) < 4.78 is 4.89. The predicted octanol–water partition coefficient (Wildman–Crippen LogP) is 0.136. The van der Waals surface area contributed by atoms with Crippen molar-refractivity contribution in [2.24, 2.45) is 5.73 Å². The number of nitrogens with one attached hydrogen (secondary N) is 1. The molecular weight excluding hydrogens is 228 g/mol. The Balaban J connectivity index is 4.18. The molecule has 16 heavy (non-hydrogen) atoms. The number of nitrogens with two attached hydrogens (primary N) is 1. The van der Waals surface area contributed by atoms with E-state index in [4.69, 9.17) is 10.5 Å². The first kappa shape index (κ1) is 15.2. The first-order chi connectivity index (χ1) is 7.65. The second-order valence-electron chi connectivity index (χ2n) is 3.19. The minimum absolute atomic E-state index is 0.207. The van der Waals surface area contributed by atoms with Gasteiger partial charge in [0.05, 0.1) is 6.61 Å². The van der Waals surface area contributed by atoms with E-state index < -0.39 is 6.04 Å². The van der Waals surface area contributed by atoms with Crippen molar-refractivity contribution < 1.29 is 14.3 Å². The Hall–Kier alpha value is -0.750. The Labute approximate surface area is 100 Å². The van der Waals surface area contributed by atoms with Crippen molar-refractivity contribution in [3.05, 3.63) is 0 Å². The molecular formula is C10H20N2O3S. The summed E-state index contributed by atoms with van der Waals surface area (Å²) in [5.74, 6) is 0.218. The van der Waals surface area contributed by atoms with E-state index in [1.54, 1.807) is 18.7 Å². The predicted molar refractivity (Wildman–Crippen MR) is 65.2 cm³/mol. The maximum absolute atomic E-state index is 11.5. The highest BCUT2D eigenvalue weighted by Gasteiger charge is 2.20. The van der Waals surface area contributed by atoms with Gasteiger partial charge in [-0.3, -0.25) is 4.79 Å². The fourth-order valence-electron chi connectivity index (χ4n) is 1.13. The summed E-state index contributed by atoms with van der Waals surface area (Å²) in [6.45, 7) is 2.34. The summed E-state index contributed by atoms with van der Waals surface area (Å²) in [6.07, 6.45) is 2.76. The van der Waals surface area contributed by atoms with Crippen LogP contribution < -0.4 is 11.1 Å². The monoisotopic (exact) mass is 248 g/mol. The van der Waals surface area contributed by atoms with Crippen molar-refractivity contribution in [2.75, 3.05) is 25.2 Å². The molecule has 0 aliphatic carbocycles. The molecule has 0 spiro atoms. The minimum Gasteiger partial charge on any atom is -0.464 e. The molecule has 0 saturated heterocycles. The molecule has 0 aromatic heterocycles. The van der Waals surface area contributed by atoms with Crippen LogP contribution in [-0.2, 0) is 14.3 Å². The van der Waals surface area contributed by atoms with Gasteiger partial charge in [-0.05, 0) is 25.4 Å². The maximum Gasteiger partial charge on any atom is 0.328 e. The third-order valence-electron chi connectivity index (χ3n) is 1.89. The Morgan fingerprint density at radius 3 is 2.69 bits per heavy atom. The fraction of sp³-hybridized carbons (Fsp3) is 0.800. The molecule has 0 fully saturated rings. The maximum atomic E-state index is 11.5. The molecule has 0 aliphatic rings. The molecule has 0 heterocycles. The van der Waals surface area contributed by atoms with Gasteiger partial charge in [-0.25, -0.2) is 4.79 Å². The zero-order valence-electron chi connectivity index (χ0n) is 9.82. The Morgan fingerprint density at radius 1 is 1.50 bits per heavy atom. The van der Waals surface area contributed by atoms with E-state index in [9.17, 15) is 9.59 Å². The molecule has 6 heteroatoms. The van der Waals surface area contributed by atoms with Crippen molar-refractivity contribution in [1.82, 2.24) is 5.32 Å². The smallest absolute Gasteiger partial charge is 0.328 e. The van der Waals surface area contributed by atoms with E-state index in [0.717, 1.165) is 5.75 Å². The molecule has 0 rings (SSSR count). The van der Waals surface area contributed by atoms with Crippen molar-refractivity contribution in [3.63, 3.8) is 0 Å². The molecule has 5 nitrogen and oxygen atoms in total. The number of thioether (sulfide) groups is 1. The highest BCUT2D eigenvalue weighted by molar-refractivity contribution is 7.98. The van der Waals surface area contributed by atoms with Crippen LogP contribution >= 0.6 is 11.8 Å². The molecule has 0 aromatic carbocycles. The summed E-state index contributed by atoms with van der Waals surface area (Å²) in [5, 5.41) is 2.63. The highest BCUT2D eigenvalue weighted by atomic mass is 32.2. The summed E-state index contributed by atoms with van der Waals surface area (Å²) in [5.41, 5.74) is 5.26. The van der Waals surface area contributed by atoms with Crippen LogP contribution in [0.2, 0.25) is 0 Å². The second-order valence-corrected chi connectivity index (χ2v) is 4.18. The van der Waals surface area contributed by atoms with Crippen molar-refractivity contribution in [3.8, 4) is 0 Å². The van der Waals surface area contributed by atoms with Crippen LogP contribution in [0.5, 0.6) is 0 Å². The lowest BCUT2D eigenvalue weighted by atomic mass is 10.2. The summed E-state index contributed by atoms with van der Waals surface area (Å²) in [7, 11) is 0. The highest BCUT2D eigenvalue weighted by Crippen LogP contribution is 2.03. The summed E-state index contributed by atoms with van der Waals surface area (Å²) in [4.78, 5) is 22.8. The number of hydrogen-bond donors (Lipinski definition) is 2. The van der Waals surface area contributed by atoms with E-state index in [1.165, 1.54) is 0 Å². The molecule has 1 atom stereocenters. The van der Waals surface area contributed by atoms with Gasteiger partial charge in [-0.1, -0.05) is 0 Å². The molecule has 3 N–H and O–H groups in total. The Bertz CT molecular complexity index is 224. The van der Waals surface area contributed by atoms with E-state index in [0.29, 0.717) is 13.0 Å². The SMILES string of the molecule is CCOC(=O)[C@H](CCSC)NC(=O)CCN. The lowest BCUT2D eigenvalue weighted by Gasteiger charge is -2.16. The summed E-state index contributed by atoms with van der Waals surface area (Å²) in [6, 6.07) is -0.550. The third-order valence-corrected chi connectivity index (χ3v) is 2.53. The molecule has 0 aromatic rings. The molecule has 0 aliphatic heterocycles. The lowest BCUT2D eigenvalue weighted by molar-refractivity contribution is -0.147. The van der Waals surface area contributed by atoms with Crippen molar-refractivity contribution in [1.29, 1.82) is 0 Å². The molecule has 0 saturated carbocycles. The zero-order chi connectivity index (χ0) is 12.4. The fourth-order valence-corrected chi connectivity index (χ4v) is 1.60. The average molecular weight is 248 g/mol. The number of carbonyl (C=O) groups is 2. The number of esters is 1. The van der Waals surface area contributed by atoms with Crippen molar-refractivity contribution >= 4 is 23.6 Å². The van der Waals surface area contributed by atoms with Gasteiger partial charge in [0.15, 0.2) is 0 Å². The van der Waals surface area contributed by atoms with Gasteiger partial charge in [0.2, 0.25) is 5.91 Å². The second kappa shape index (κ2) is 9.47. The van der Waals surface area contributed by atoms with Gasteiger partial charge in [-0.15, -0.1) is 0 Å². The number of carbonyl (C=O) groups excluding carboxylic acids is 2. The van der Waals surface area contributed by atoms with Gasteiger partial charge < -0.3 is 15.8 Å².